The highest BCUT2D eigenvalue weighted by atomic mass is 32.1. The second kappa shape index (κ2) is 5.64. The molecule has 1 fully saturated rings. The van der Waals surface area contributed by atoms with Crippen LogP contribution in [-0.4, -0.2) is 22.6 Å². The minimum atomic E-state index is 0.678. The number of thiophene rings is 1. The van der Waals surface area contributed by atoms with E-state index < -0.39 is 0 Å². The minimum absolute atomic E-state index is 0.678. The summed E-state index contributed by atoms with van der Waals surface area (Å²) in [5.41, 5.74) is 1.37. The van der Waals surface area contributed by atoms with Gasteiger partial charge in [-0.05, 0) is 53.9 Å². The maximum atomic E-state index is 5.45. The smallest absolute Gasteiger partial charge is 0.169 e. The predicted molar refractivity (Wildman–Crippen MR) is 73.8 cm³/mol. The Morgan fingerprint density at radius 3 is 3.00 bits per heavy atom. The van der Waals surface area contributed by atoms with Crippen LogP contribution < -0.4 is 5.32 Å². The molecule has 4 heteroatoms. The quantitative estimate of drug-likeness (QED) is 0.813. The molecule has 0 amide bonds. The summed E-state index contributed by atoms with van der Waals surface area (Å²) in [6, 6.07) is 2.86. The fraction of sp³-hybridized carbons (Fsp3) is 0.583. The molecule has 0 radical (unpaired) electrons. The van der Waals surface area contributed by atoms with Crippen molar-refractivity contribution in [3.05, 3.63) is 22.4 Å². The normalized spacial score (nSPS) is 14.8. The van der Waals surface area contributed by atoms with Gasteiger partial charge in [0.05, 0.1) is 0 Å². The van der Waals surface area contributed by atoms with E-state index in [4.69, 9.17) is 12.2 Å². The molecular formula is C12H18N2S2. The van der Waals surface area contributed by atoms with Crippen molar-refractivity contribution in [3.8, 4) is 0 Å². The largest absolute Gasteiger partial charge is 0.363 e. The van der Waals surface area contributed by atoms with Crippen LogP contribution in [0.1, 0.15) is 31.7 Å². The van der Waals surface area contributed by atoms with E-state index in [2.05, 4.69) is 34.0 Å². The maximum absolute atomic E-state index is 5.45. The van der Waals surface area contributed by atoms with Crippen LogP contribution in [0.5, 0.6) is 0 Å². The number of rotatable bonds is 5. The Hall–Kier alpha value is -0.610. The van der Waals surface area contributed by atoms with Crippen LogP contribution in [0, 0.1) is 0 Å². The van der Waals surface area contributed by atoms with E-state index in [0.717, 1.165) is 24.6 Å². The zero-order valence-electron chi connectivity index (χ0n) is 9.61. The lowest BCUT2D eigenvalue weighted by atomic mass is 10.3. The summed E-state index contributed by atoms with van der Waals surface area (Å²) in [6.45, 7) is 4.10. The molecule has 0 saturated heterocycles. The van der Waals surface area contributed by atoms with Gasteiger partial charge in [0.2, 0.25) is 0 Å². The van der Waals surface area contributed by atoms with E-state index in [1.807, 2.05) is 0 Å². The first kappa shape index (κ1) is 11.9. The predicted octanol–water partition coefficient (Wildman–Crippen LogP) is 3.00. The van der Waals surface area contributed by atoms with Gasteiger partial charge < -0.3 is 10.2 Å². The molecule has 16 heavy (non-hydrogen) atoms. The van der Waals surface area contributed by atoms with Gasteiger partial charge in [-0.3, -0.25) is 0 Å². The third-order valence-corrected chi connectivity index (χ3v) is 3.82. The molecule has 1 aliphatic carbocycles. The SMILES string of the molecule is CCCNC(=S)N(Cc1ccsc1)C1CC1. The van der Waals surface area contributed by atoms with Crippen molar-refractivity contribution in [1.29, 1.82) is 0 Å². The van der Waals surface area contributed by atoms with Gasteiger partial charge in [-0.25, -0.2) is 0 Å². The lowest BCUT2D eigenvalue weighted by Crippen LogP contribution is -2.40. The Balaban J connectivity index is 1.92. The number of hydrogen-bond acceptors (Lipinski definition) is 2. The van der Waals surface area contributed by atoms with Crippen molar-refractivity contribution in [1.82, 2.24) is 10.2 Å². The standard InChI is InChI=1S/C12H18N2S2/c1-2-6-13-12(15)14(11-3-4-11)8-10-5-7-16-9-10/h5,7,9,11H,2-4,6,8H2,1H3,(H,13,15). The van der Waals surface area contributed by atoms with Crippen LogP contribution in [0.25, 0.3) is 0 Å². The Bertz CT molecular complexity index is 331. The Labute approximate surface area is 107 Å². The topological polar surface area (TPSA) is 15.3 Å². The van der Waals surface area contributed by atoms with Gasteiger partial charge in [0, 0.05) is 19.1 Å². The molecule has 0 spiro atoms. The zero-order chi connectivity index (χ0) is 11.4. The molecule has 88 valence electrons. The van der Waals surface area contributed by atoms with E-state index in [0.29, 0.717) is 6.04 Å². The molecular weight excluding hydrogens is 236 g/mol. The molecule has 1 saturated carbocycles. The summed E-state index contributed by atoms with van der Waals surface area (Å²) in [7, 11) is 0. The van der Waals surface area contributed by atoms with E-state index in [-0.39, 0.29) is 0 Å². The van der Waals surface area contributed by atoms with Crippen molar-refractivity contribution >= 4 is 28.7 Å². The lowest BCUT2D eigenvalue weighted by molar-refractivity contribution is 0.396. The second-order valence-electron chi connectivity index (χ2n) is 4.22. The second-order valence-corrected chi connectivity index (χ2v) is 5.39. The van der Waals surface area contributed by atoms with E-state index in [1.165, 1.54) is 18.4 Å². The Morgan fingerprint density at radius 2 is 2.44 bits per heavy atom. The van der Waals surface area contributed by atoms with Gasteiger partial charge >= 0.3 is 0 Å². The summed E-state index contributed by atoms with van der Waals surface area (Å²) >= 11 is 7.20. The van der Waals surface area contributed by atoms with E-state index in [9.17, 15) is 0 Å². The van der Waals surface area contributed by atoms with Crippen molar-refractivity contribution in [2.75, 3.05) is 6.54 Å². The van der Waals surface area contributed by atoms with Crippen LogP contribution >= 0.6 is 23.6 Å². The van der Waals surface area contributed by atoms with Crippen LogP contribution in [0.4, 0.5) is 0 Å². The molecule has 2 rings (SSSR count). The molecule has 2 nitrogen and oxygen atoms in total. The summed E-state index contributed by atoms with van der Waals surface area (Å²) < 4.78 is 0. The number of nitrogens with one attached hydrogen (secondary N) is 1. The highest BCUT2D eigenvalue weighted by molar-refractivity contribution is 7.80. The molecule has 0 bridgehead atoms. The summed E-state index contributed by atoms with van der Waals surface area (Å²) in [5.74, 6) is 0. The van der Waals surface area contributed by atoms with Gasteiger partial charge in [0.15, 0.2) is 5.11 Å². The fourth-order valence-electron chi connectivity index (χ4n) is 1.67. The van der Waals surface area contributed by atoms with Crippen LogP contribution in [0.15, 0.2) is 16.8 Å². The maximum Gasteiger partial charge on any atom is 0.169 e. The number of thiocarbonyl (C=S) groups is 1. The van der Waals surface area contributed by atoms with Crippen molar-refractivity contribution < 1.29 is 0 Å². The minimum Gasteiger partial charge on any atom is -0.363 e. The van der Waals surface area contributed by atoms with Crippen LogP contribution in [0.3, 0.4) is 0 Å². The summed E-state index contributed by atoms with van der Waals surface area (Å²) in [4.78, 5) is 2.34. The first-order valence-corrected chi connectivity index (χ1v) is 7.22. The molecule has 1 heterocycles. The first-order chi connectivity index (χ1) is 7.81. The monoisotopic (exact) mass is 254 g/mol. The Morgan fingerprint density at radius 1 is 1.62 bits per heavy atom. The average Bonchev–Trinajstić information content (AvgIpc) is 3.00. The Kier molecular flexibility index (Phi) is 4.18. The molecule has 1 N–H and O–H groups in total. The highest BCUT2D eigenvalue weighted by Gasteiger charge is 2.30. The third-order valence-electron chi connectivity index (χ3n) is 2.71. The molecule has 0 unspecified atom stereocenters. The average molecular weight is 254 g/mol. The highest BCUT2D eigenvalue weighted by Crippen LogP contribution is 2.28. The third kappa shape index (κ3) is 3.19. The van der Waals surface area contributed by atoms with Crippen LogP contribution in [0.2, 0.25) is 0 Å². The fourth-order valence-corrected chi connectivity index (χ4v) is 2.64. The number of hydrogen-bond donors (Lipinski definition) is 1. The number of nitrogens with zero attached hydrogens (tertiary/aromatic N) is 1. The van der Waals surface area contributed by atoms with Crippen molar-refractivity contribution in [3.63, 3.8) is 0 Å². The first-order valence-electron chi connectivity index (χ1n) is 5.86. The van der Waals surface area contributed by atoms with Gasteiger partial charge in [-0.1, -0.05) is 6.92 Å². The van der Waals surface area contributed by atoms with Crippen molar-refractivity contribution in [2.45, 2.75) is 38.8 Å². The van der Waals surface area contributed by atoms with Crippen molar-refractivity contribution in [2.24, 2.45) is 0 Å². The lowest BCUT2D eigenvalue weighted by Gasteiger charge is -2.25. The van der Waals surface area contributed by atoms with E-state index in [1.54, 1.807) is 11.3 Å². The molecule has 1 aromatic rings. The van der Waals surface area contributed by atoms with Gasteiger partial charge in [-0.2, -0.15) is 11.3 Å². The summed E-state index contributed by atoms with van der Waals surface area (Å²) in [6.07, 6.45) is 3.70. The molecule has 1 aromatic heterocycles. The van der Waals surface area contributed by atoms with Gasteiger partial charge in [0.1, 0.15) is 0 Å². The van der Waals surface area contributed by atoms with Gasteiger partial charge in [0.25, 0.3) is 0 Å². The van der Waals surface area contributed by atoms with Gasteiger partial charge in [-0.15, -0.1) is 0 Å². The van der Waals surface area contributed by atoms with E-state index >= 15 is 0 Å². The zero-order valence-corrected chi connectivity index (χ0v) is 11.2. The molecule has 0 aliphatic heterocycles. The molecule has 1 aliphatic rings. The molecule has 0 aromatic carbocycles. The summed E-state index contributed by atoms with van der Waals surface area (Å²) in [5, 5.41) is 8.59. The molecule has 0 atom stereocenters. The van der Waals surface area contributed by atoms with Crippen LogP contribution in [-0.2, 0) is 6.54 Å².